The number of hydrogen-bond donors (Lipinski definition) is 2. The Hall–Kier alpha value is -1.36. The molecule has 5 heteroatoms. The van der Waals surface area contributed by atoms with Gasteiger partial charge in [0.15, 0.2) is 0 Å². The predicted octanol–water partition coefficient (Wildman–Crippen LogP) is 0.685. The highest BCUT2D eigenvalue weighted by molar-refractivity contribution is 5.87. The van der Waals surface area contributed by atoms with Crippen molar-refractivity contribution in [2.24, 2.45) is 0 Å². The first-order valence-electron chi connectivity index (χ1n) is 6.23. The average Bonchev–Trinajstić information content (AvgIpc) is 2.26. The first kappa shape index (κ1) is 16.6. The molecule has 5 nitrogen and oxygen atoms in total. The van der Waals surface area contributed by atoms with E-state index in [2.05, 4.69) is 5.32 Å². The standard InChI is InChI=1S/C13H24N2O3/c1-6-15(12(5)17)9(2)7-8-13(18)14-10(3)11(4)16/h7-11,16H,6H2,1-5H3,(H,14,18)/b8-7+. The highest BCUT2D eigenvalue weighted by Gasteiger charge is 2.13. The third-order valence-electron chi connectivity index (χ3n) is 2.86. The Morgan fingerprint density at radius 2 is 1.89 bits per heavy atom. The molecule has 3 atom stereocenters. The first-order valence-corrected chi connectivity index (χ1v) is 6.23. The normalized spacial score (nSPS) is 16.1. The maximum atomic E-state index is 11.5. The second-order valence-corrected chi connectivity index (χ2v) is 4.44. The summed E-state index contributed by atoms with van der Waals surface area (Å²) in [6, 6.07) is -0.423. The second kappa shape index (κ2) is 7.87. The van der Waals surface area contributed by atoms with Gasteiger partial charge in [-0.25, -0.2) is 0 Å². The van der Waals surface area contributed by atoms with E-state index < -0.39 is 6.10 Å². The minimum Gasteiger partial charge on any atom is -0.391 e. The zero-order chi connectivity index (χ0) is 14.3. The summed E-state index contributed by atoms with van der Waals surface area (Å²) in [7, 11) is 0. The number of carbonyl (C=O) groups excluding carboxylic acids is 2. The maximum absolute atomic E-state index is 11.5. The van der Waals surface area contributed by atoms with Crippen LogP contribution in [-0.2, 0) is 9.59 Å². The van der Waals surface area contributed by atoms with Crippen LogP contribution in [0.5, 0.6) is 0 Å². The lowest BCUT2D eigenvalue weighted by Gasteiger charge is -2.24. The molecule has 0 aliphatic heterocycles. The van der Waals surface area contributed by atoms with Gasteiger partial charge < -0.3 is 15.3 Å². The van der Waals surface area contributed by atoms with E-state index >= 15 is 0 Å². The molecule has 0 aromatic rings. The van der Waals surface area contributed by atoms with Crippen molar-refractivity contribution in [2.75, 3.05) is 6.54 Å². The quantitative estimate of drug-likeness (QED) is 0.687. The molecule has 0 aromatic heterocycles. The summed E-state index contributed by atoms with van der Waals surface area (Å²) in [6.07, 6.45) is 2.48. The molecule has 104 valence electrons. The molecular weight excluding hydrogens is 232 g/mol. The van der Waals surface area contributed by atoms with Crippen LogP contribution in [0.2, 0.25) is 0 Å². The number of likely N-dealkylation sites (N-methyl/N-ethyl adjacent to an activating group) is 1. The number of hydrogen-bond acceptors (Lipinski definition) is 3. The van der Waals surface area contributed by atoms with Gasteiger partial charge >= 0.3 is 0 Å². The van der Waals surface area contributed by atoms with E-state index in [1.165, 1.54) is 13.0 Å². The Kier molecular flexibility index (Phi) is 7.27. The molecule has 0 rings (SSSR count). The van der Waals surface area contributed by atoms with Gasteiger partial charge in [-0.2, -0.15) is 0 Å². The fraction of sp³-hybridized carbons (Fsp3) is 0.692. The Morgan fingerprint density at radius 3 is 2.28 bits per heavy atom. The van der Waals surface area contributed by atoms with Crippen LogP contribution in [0.15, 0.2) is 12.2 Å². The van der Waals surface area contributed by atoms with Crippen LogP contribution in [0.4, 0.5) is 0 Å². The predicted molar refractivity (Wildman–Crippen MR) is 70.9 cm³/mol. The molecule has 0 bridgehead atoms. The van der Waals surface area contributed by atoms with Crippen LogP contribution >= 0.6 is 0 Å². The number of aliphatic hydroxyl groups excluding tert-OH is 1. The third-order valence-corrected chi connectivity index (χ3v) is 2.86. The number of rotatable bonds is 6. The number of nitrogens with one attached hydrogen (secondary N) is 1. The van der Waals surface area contributed by atoms with E-state index in [4.69, 9.17) is 0 Å². The van der Waals surface area contributed by atoms with E-state index in [1.807, 2.05) is 13.8 Å². The van der Waals surface area contributed by atoms with Crippen molar-refractivity contribution in [3.8, 4) is 0 Å². The molecule has 0 spiro atoms. The molecular formula is C13H24N2O3. The van der Waals surface area contributed by atoms with Crippen LogP contribution < -0.4 is 5.32 Å². The van der Waals surface area contributed by atoms with Crippen LogP contribution in [0.1, 0.15) is 34.6 Å². The monoisotopic (exact) mass is 256 g/mol. The largest absolute Gasteiger partial charge is 0.391 e. The van der Waals surface area contributed by atoms with E-state index in [0.717, 1.165) is 0 Å². The SMILES string of the molecule is CCN(C(C)=O)C(C)/C=C/C(=O)NC(C)C(C)O. The Labute approximate surface area is 109 Å². The van der Waals surface area contributed by atoms with Crippen molar-refractivity contribution >= 4 is 11.8 Å². The van der Waals surface area contributed by atoms with Gasteiger partial charge in [0.2, 0.25) is 11.8 Å². The van der Waals surface area contributed by atoms with Gasteiger partial charge in [-0.05, 0) is 27.7 Å². The zero-order valence-corrected chi connectivity index (χ0v) is 11.8. The summed E-state index contributed by atoms with van der Waals surface area (Å²) in [5.41, 5.74) is 0. The Morgan fingerprint density at radius 1 is 1.33 bits per heavy atom. The summed E-state index contributed by atoms with van der Waals surface area (Å²) < 4.78 is 0. The molecule has 0 fully saturated rings. The number of amides is 2. The topological polar surface area (TPSA) is 69.6 Å². The summed E-state index contributed by atoms with van der Waals surface area (Å²) in [5.74, 6) is -0.290. The molecule has 0 radical (unpaired) electrons. The molecule has 0 aliphatic carbocycles. The summed E-state index contributed by atoms with van der Waals surface area (Å²) in [5, 5.41) is 11.9. The molecule has 18 heavy (non-hydrogen) atoms. The lowest BCUT2D eigenvalue weighted by atomic mass is 10.2. The molecule has 0 aliphatic rings. The molecule has 3 unspecified atom stereocenters. The van der Waals surface area contributed by atoms with Crippen molar-refractivity contribution in [3.05, 3.63) is 12.2 Å². The maximum Gasteiger partial charge on any atom is 0.244 e. The minimum absolute atomic E-state index is 0.0209. The van der Waals surface area contributed by atoms with Gasteiger partial charge in [0.05, 0.1) is 12.1 Å². The highest BCUT2D eigenvalue weighted by Crippen LogP contribution is 2.01. The lowest BCUT2D eigenvalue weighted by Crippen LogP contribution is -2.39. The van der Waals surface area contributed by atoms with Gasteiger partial charge in [0.25, 0.3) is 0 Å². The Balaban J connectivity index is 4.37. The molecule has 0 aromatic carbocycles. The van der Waals surface area contributed by atoms with Crippen molar-refractivity contribution in [2.45, 2.75) is 52.8 Å². The third kappa shape index (κ3) is 5.82. The van der Waals surface area contributed by atoms with Gasteiger partial charge in [-0.3, -0.25) is 9.59 Å². The summed E-state index contributed by atoms with van der Waals surface area (Å²) in [4.78, 5) is 24.5. The number of nitrogens with zero attached hydrogens (tertiary/aromatic N) is 1. The summed E-state index contributed by atoms with van der Waals surface area (Å²) >= 11 is 0. The van der Waals surface area contributed by atoms with Crippen LogP contribution in [0, 0.1) is 0 Å². The second-order valence-electron chi connectivity index (χ2n) is 4.44. The molecule has 0 heterocycles. The van der Waals surface area contributed by atoms with Gasteiger partial charge in [-0.15, -0.1) is 0 Å². The van der Waals surface area contributed by atoms with Gasteiger partial charge in [-0.1, -0.05) is 6.08 Å². The van der Waals surface area contributed by atoms with E-state index in [0.29, 0.717) is 6.54 Å². The fourth-order valence-corrected chi connectivity index (χ4v) is 1.52. The average molecular weight is 256 g/mol. The van der Waals surface area contributed by atoms with E-state index in [9.17, 15) is 14.7 Å². The van der Waals surface area contributed by atoms with Crippen molar-refractivity contribution in [1.82, 2.24) is 10.2 Å². The minimum atomic E-state index is -0.593. The zero-order valence-electron chi connectivity index (χ0n) is 11.8. The van der Waals surface area contributed by atoms with Crippen molar-refractivity contribution in [3.63, 3.8) is 0 Å². The van der Waals surface area contributed by atoms with Gasteiger partial charge in [0, 0.05) is 25.6 Å². The molecule has 0 saturated carbocycles. The van der Waals surface area contributed by atoms with Crippen molar-refractivity contribution < 1.29 is 14.7 Å². The lowest BCUT2D eigenvalue weighted by molar-refractivity contribution is -0.129. The highest BCUT2D eigenvalue weighted by atomic mass is 16.3. The van der Waals surface area contributed by atoms with Crippen LogP contribution in [0.3, 0.4) is 0 Å². The molecule has 0 saturated heterocycles. The number of carbonyl (C=O) groups is 2. The number of aliphatic hydroxyl groups is 1. The first-order chi connectivity index (χ1) is 8.29. The van der Waals surface area contributed by atoms with Crippen LogP contribution in [-0.4, -0.2) is 46.6 Å². The van der Waals surface area contributed by atoms with Gasteiger partial charge in [0.1, 0.15) is 0 Å². The molecule has 2 amide bonds. The fourth-order valence-electron chi connectivity index (χ4n) is 1.52. The van der Waals surface area contributed by atoms with E-state index in [-0.39, 0.29) is 23.9 Å². The molecule has 2 N–H and O–H groups in total. The van der Waals surface area contributed by atoms with Crippen molar-refractivity contribution in [1.29, 1.82) is 0 Å². The summed E-state index contributed by atoms with van der Waals surface area (Å²) in [6.45, 7) is 9.20. The smallest absolute Gasteiger partial charge is 0.244 e. The van der Waals surface area contributed by atoms with Crippen LogP contribution in [0.25, 0.3) is 0 Å². The van der Waals surface area contributed by atoms with E-state index in [1.54, 1.807) is 24.8 Å². The Bertz CT molecular complexity index is 313.